The summed E-state index contributed by atoms with van der Waals surface area (Å²) < 4.78 is 10.2. The second-order valence-electron chi connectivity index (χ2n) is 3.55. The first kappa shape index (κ1) is 14.6. The van der Waals surface area contributed by atoms with Crippen LogP contribution in [0.5, 0.6) is 5.75 Å². The Hall–Kier alpha value is -1.49. The van der Waals surface area contributed by atoms with E-state index in [2.05, 4.69) is 0 Å². The largest absolute Gasteiger partial charge is 0.495 e. The maximum absolute atomic E-state index is 11.7. The second-order valence-corrected chi connectivity index (χ2v) is 4.57. The maximum Gasteiger partial charge on any atom is 0.341 e. The van der Waals surface area contributed by atoms with E-state index in [1.807, 2.05) is 6.07 Å². The molecule has 0 N–H and O–H groups in total. The molecule has 5 heteroatoms. The molecule has 1 rings (SSSR count). The van der Waals surface area contributed by atoms with E-state index in [-0.39, 0.29) is 5.78 Å². The van der Waals surface area contributed by atoms with Gasteiger partial charge in [0.15, 0.2) is 0 Å². The number of carbonyl (C=O) groups is 2. The lowest BCUT2D eigenvalue weighted by atomic mass is 10.2. The first-order chi connectivity index (χ1) is 8.60. The Balaban J connectivity index is 3.01. The number of hydrogen-bond donors (Lipinski definition) is 0. The lowest BCUT2D eigenvalue weighted by molar-refractivity contribution is -0.114. The normalized spacial score (nSPS) is 9.94. The van der Waals surface area contributed by atoms with Gasteiger partial charge in [-0.2, -0.15) is 0 Å². The van der Waals surface area contributed by atoms with Gasteiger partial charge >= 0.3 is 5.97 Å². The van der Waals surface area contributed by atoms with Crippen LogP contribution in [0, 0.1) is 0 Å². The smallest absolute Gasteiger partial charge is 0.341 e. The molecule has 0 bridgehead atoms. The molecule has 0 amide bonds. The Labute approximate surface area is 111 Å². The van der Waals surface area contributed by atoms with Crippen molar-refractivity contribution >= 4 is 23.5 Å². The molecule has 0 aliphatic rings. The van der Waals surface area contributed by atoms with Gasteiger partial charge in [0, 0.05) is 0 Å². The highest BCUT2D eigenvalue weighted by atomic mass is 32.2. The van der Waals surface area contributed by atoms with Crippen molar-refractivity contribution < 1.29 is 19.1 Å². The standard InChI is InChI=1S/C13H16O4S/c1-4-17-13(15)10-6-5-7-11(12(10)16-3)18-8-9(2)14/h5-7H,4,8H2,1-3H3. The number of methoxy groups -OCH3 is 1. The van der Waals surface area contributed by atoms with Gasteiger partial charge in [-0.05, 0) is 26.0 Å². The van der Waals surface area contributed by atoms with Gasteiger partial charge in [0.25, 0.3) is 0 Å². The van der Waals surface area contributed by atoms with Gasteiger partial charge in [-0.3, -0.25) is 4.79 Å². The molecular formula is C13H16O4S. The van der Waals surface area contributed by atoms with Crippen LogP contribution in [-0.2, 0) is 9.53 Å². The summed E-state index contributed by atoms with van der Waals surface area (Å²) in [6, 6.07) is 5.21. The number of para-hydroxylation sites is 1. The highest BCUT2D eigenvalue weighted by Gasteiger charge is 2.17. The van der Waals surface area contributed by atoms with Crippen molar-refractivity contribution in [1.82, 2.24) is 0 Å². The quantitative estimate of drug-likeness (QED) is 0.586. The molecule has 1 aromatic rings. The molecule has 0 fully saturated rings. The van der Waals surface area contributed by atoms with Crippen LogP contribution in [0.4, 0.5) is 0 Å². The fourth-order valence-corrected chi connectivity index (χ4v) is 2.25. The lowest BCUT2D eigenvalue weighted by Gasteiger charge is -2.11. The molecule has 0 heterocycles. The predicted molar refractivity (Wildman–Crippen MR) is 70.4 cm³/mol. The summed E-state index contributed by atoms with van der Waals surface area (Å²) in [6.07, 6.45) is 0. The summed E-state index contributed by atoms with van der Waals surface area (Å²) in [5.41, 5.74) is 0.382. The Morgan fingerprint density at radius 1 is 1.33 bits per heavy atom. The Morgan fingerprint density at radius 2 is 2.06 bits per heavy atom. The van der Waals surface area contributed by atoms with E-state index in [1.54, 1.807) is 19.1 Å². The van der Waals surface area contributed by atoms with Crippen molar-refractivity contribution in [3.05, 3.63) is 23.8 Å². The molecule has 0 saturated heterocycles. The molecule has 18 heavy (non-hydrogen) atoms. The SMILES string of the molecule is CCOC(=O)c1cccc(SCC(C)=O)c1OC. The van der Waals surface area contributed by atoms with Crippen LogP contribution in [-0.4, -0.2) is 31.2 Å². The minimum absolute atomic E-state index is 0.0728. The van der Waals surface area contributed by atoms with Gasteiger partial charge in [-0.25, -0.2) is 4.79 Å². The van der Waals surface area contributed by atoms with Gasteiger partial charge in [0.1, 0.15) is 17.1 Å². The fraction of sp³-hybridized carbons (Fsp3) is 0.385. The zero-order chi connectivity index (χ0) is 13.5. The molecule has 0 aliphatic heterocycles. The Kier molecular flexibility index (Phi) is 5.71. The van der Waals surface area contributed by atoms with Crippen molar-refractivity contribution in [2.45, 2.75) is 18.7 Å². The summed E-state index contributed by atoms with van der Waals surface area (Å²) in [7, 11) is 1.50. The molecule has 0 spiro atoms. The molecular weight excluding hydrogens is 252 g/mol. The van der Waals surface area contributed by atoms with Crippen molar-refractivity contribution in [2.24, 2.45) is 0 Å². The molecule has 1 aromatic carbocycles. The number of benzene rings is 1. The van der Waals surface area contributed by atoms with E-state index in [9.17, 15) is 9.59 Å². The number of ketones is 1. The molecule has 0 radical (unpaired) electrons. The number of esters is 1. The molecule has 0 saturated carbocycles. The van der Waals surface area contributed by atoms with Crippen LogP contribution in [0.15, 0.2) is 23.1 Å². The molecule has 4 nitrogen and oxygen atoms in total. The summed E-state index contributed by atoms with van der Waals surface area (Å²) in [4.78, 5) is 23.5. The average Bonchev–Trinajstić information content (AvgIpc) is 2.35. The van der Waals surface area contributed by atoms with E-state index in [0.29, 0.717) is 23.7 Å². The van der Waals surface area contributed by atoms with Gasteiger partial charge < -0.3 is 9.47 Å². The van der Waals surface area contributed by atoms with E-state index in [0.717, 1.165) is 4.90 Å². The van der Waals surface area contributed by atoms with Gasteiger partial charge in [-0.1, -0.05) is 6.07 Å². The Morgan fingerprint density at radius 3 is 2.61 bits per heavy atom. The number of ether oxygens (including phenoxy) is 2. The number of thioether (sulfide) groups is 1. The van der Waals surface area contributed by atoms with Gasteiger partial charge in [0.2, 0.25) is 0 Å². The molecule has 0 unspecified atom stereocenters. The van der Waals surface area contributed by atoms with Crippen LogP contribution < -0.4 is 4.74 Å². The van der Waals surface area contributed by atoms with Crippen molar-refractivity contribution in [2.75, 3.05) is 19.5 Å². The lowest BCUT2D eigenvalue weighted by Crippen LogP contribution is -2.07. The third kappa shape index (κ3) is 3.77. The minimum atomic E-state index is -0.417. The molecule has 0 aliphatic carbocycles. The third-order valence-electron chi connectivity index (χ3n) is 2.11. The zero-order valence-electron chi connectivity index (χ0n) is 10.7. The van der Waals surface area contributed by atoms with Crippen LogP contribution in [0.2, 0.25) is 0 Å². The zero-order valence-corrected chi connectivity index (χ0v) is 11.5. The summed E-state index contributed by atoms with van der Waals surface area (Å²) in [5, 5.41) is 0. The highest BCUT2D eigenvalue weighted by molar-refractivity contribution is 8.00. The number of Topliss-reactive ketones (excluding diaryl/α,β-unsaturated/α-hetero) is 1. The van der Waals surface area contributed by atoms with Crippen LogP contribution in [0.1, 0.15) is 24.2 Å². The average molecular weight is 268 g/mol. The highest BCUT2D eigenvalue weighted by Crippen LogP contribution is 2.32. The maximum atomic E-state index is 11.7. The van der Waals surface area contributed by atoms with Gasteiger partial charge in [0.05, 0.1) is 24.4 Å². The first-order valence-electron chi connectivity index (χ1n) is 5.56. The topological polar surface area (TPSA) is 52.6 Å². The Bertz CT molecular complexity index is 443. The molecule has 98 valence electrons. The molecule has 0 atom stereocenters. The summed E-state index contributed by atoms with van der Waals surface area (Å²) in [6.45, 7) is 3.58. The van der Waals surface area contributed by atoms with E-state index < -0.39 is 5.97 Å². The van der Waals surface area contributed by atoms with E-state index >= 15 is 0 Å². The van der Waals surface area contributed by atoms with Gasteiger partial charge in [-0.15, -0.1) is 11.8 Å². The first-order valence-corrected chi connectivity index (χ1v) is 6.55. The van der Waals surface area contributed by atoms with Crippen molar-refractivity contribution in [1.29, 1.82) is 0 Å². The number of rotatable bonds is 6. The van der Waals surface area contributed by atoms with Crippen LogP contribution in [0.3, 0.4) is 0 Å². The predicted octanol–water partition coefficient (Wildman–Crippen LogP) is 2.55. The van der Waals surface area contributed by atoms with E-state index in [4.69, 9.17) is 9.47 Å². The third-order valence-corrected chi connectivity index (χ3v) is 3.29. The van der Waals surface area contributed by atoms with Crippen molar-refractivity contribution in [3.8, 4) is 5.75 Å². The van der Waals surface area contributed by atoms with E-state index in [1.165, 1.54) is 25.8 Å². The van der Waals surface area contributed by atoms with Crippen molar-refractivity contribution in [3.63, 3.8) is 0 Å². The number of carbonyl (C=O) groups excluding carboxylic acids is 2. The van der Waals surface area contributed by atoms with Crippen LogP contribution in [0.25, 0.3) is 0 Å². The number of hydrogen-bond acceptors (Lipinski definition) is 5. The monoisotopic (exact) mass is 268 g/mol. The second kappa shape index (κ2) is 7.06. The summed E-state index contributed by atoms with van der Waals surface area (Å²) >= 11 is 1.35. The molecule has 0 aromatic heterocycles. The summed E-state index contributed by atoms with van der Waals surface area (Å²) in [5.74, 6) is 0.466. The minimum Gasteiger partial charge on any atom is -0.495 e. The van der Waals surface area contributed by atoms with Crippen LogP contribution >= 0.6 is 11.8 Å². The fourth-order valence-electron chi connectivity index (χ4n) is 1.39.